The molecule has 0 aliphatic rings. The number of rotatable bonds is 3. The Kier molecular flexibility index (Phi) is 4.03. The molecule has 6 aromatic rings. The number of hydrogen-bond donors (Lipinski definition) is 0. The fourth-order valence-corrected chi connectivity index (χ4v) is 5.01. The number of fused-ring (bicyclic) bond motifs is 8. The Bertz CT molecular complexity index is 1590. The number of para-hydroxylation sites is 1. The van der Waals surface area contributed by atoms with Crippen molar-refractivity contribution in [2.45, 2.75) is 26.7 Å². The van der Waals surface area contributed by atoms with Crippen molar-refractivity contribution >= 4 is 38.2 Å². The topological polar surface area (TPSA) is 30.2 Å². The van der Waals surface area contributed by atoms with E-state index < -0.39 is 0 Å². The molecule has 0 saturated carbocycles. The molecule has 0 aliphatic heterocycles. The minimum absolute atomic E-state index is 0.989. The molecule has 0 atom stereocenters. The number of pyridine rings is 2. The molecule has 0 unspecified atom stereocenters. The molecule has 0 fully saturated rings. The standard InChI is InChI=1S/C28H23N3/c1-3-18-10-9-11-19(4-2)26(18)24-17-30-28-21-13-6-5-12-20(21)27-22-14-7-8-15-23(22)29-16-25(27)31(24)28/h5-17H,3-4H2,1-2H3. The zero-order valence-electron chi connectivity index (χ0n) is 17.8. The van der Waals surface area contributed by atoms with E-state index in [1.165, 1.54) is 38.2 Å². The van der Waals surface area contributed by atoms with Gasteiger partial charge >= 0.3 is 0 Å². The van der Waals surface area contributed by atoms with E-state index in [9.17, 15) is 0 Å². The molecular formula is C28H23N3. The lowest BCUT2D eigenvalue weighted by atomic mass is 9.95. The van der Waals surface area contributed by atoms with Gasteiger partial charge in [0, 0.05) is 21.7 Å². The van der Waals surface area contributed by atoms with Crippen molar-refractivity contribution in [3.05, 3.63) is 90.3 Å². The quantitative estimate of drug-likeness (QED) is 0.299. The largest absolute Gasteiger partial charge is 0.290 e. The SMILES string of the molecule is CCc1cccc(CC)c1-c1cnc2c3ccccc3c3c4ccccc4ncc3n12. The third-order valence-electron chi connectivity index (χ3n) is 6.45. The lowest BCUT2D eigenvalue weighted by Gasteiger charge is -2.16. The van der Waals surface area contributed by atoms with Crippen LogP contribution >= 0.6 is 0 Å². The van der Waals surface area contributed by atoms with E-state index in [0.29, 0.717) is 0 Å². The van der Waals surface area contributed by atoms with Gasteiger partial charge in [0.25, 0.3) is 0 Å². The van der Waals surface area contributed by atoms with Gasteiger partial charge < -0.3 is 0 Å². The minimum Gasteiger partial charge on any atom is -0.290 e. The Hall–Kier alpha value is -3.72. The molecule has 0 aliphatic carbocycles. The molecule has 0 bridgehead atoms. The fraction of sp³-hybridized carbons (Fsp3) is 0.143. The van der Waals surface area contributed by atoms with Crippen molar-refractivity contribution in [1.82, 2.24) is 14.4 Å². The first-order valence-electron chi connectivity index (χ1n) is 11.0. The van der Waals surface area contributed by atoms with Crippen LogP contribution in [0.3, 0.4) is 0 Å². The first-order chi connectivity index (χ1) is 15.3. The van der Waals surface area contributed by atoms with Crippen LogP contribution in [-0.4, -0.2) is 14.4 Å². The zero-order valence-corrected chi connectivity index (χ0v) is 17.8. The second-order valence-corrected chi connectivity index (χ2v) is 8.04. The molecule has 0 amide bonds. The molecule has 0 radical (unpaired) electrons. The summed E-state index contributed by atoms with van der Waals surface area (Å²) in [6.07, 6.45) is 6.04. The first-order valence-corrected chi connectivity index (χ1v) is 11.0. The van der Waals surface area contributed by atoms with E-state index in [4.69, 9.17) is 9.97 Å². The van der Waals surface area contributed by atoms with Crippen LogP contribution in [0, 0.1) is 0 Å². The van der Waals surface area contributed by atoms with Gasteiger partial charge in [0.2, 0.25) is 0 Å². The molecule has 150 valence electrons. The lowest BCUT2D eigenvalue weighted by Crippen LogP contribution is -2.00. The van der Waals surface area contributed by atoms with Crippen molar-refractivity contribution in [2.24, 2.45) is 0 Å². The normalized spacial score (nSPS) is 11.8. The summed E-state index contributed by atoms with van der Waals surface area (Å²) in [5.41, 5.74) is 8.29. The molecule has 3 aromatic heterocycles. The monoisotopic (exact) mass is 401 g/mol. The summed E-state index contributed by atoms with van der Waals surface area (Å²) in [5.74, 6) is 0. The number of hydrogen-bond acceptors (Lipinski definition) is 2. The van der Waals surface area contributed by atoms with Gasteiger partial charge in [-0.05, 0) is 35.4 Å². The summed E-state index contributed by atoms with van der Waals surface area (Å²) in [6, 6.07) is 23.7. The van der Waals surface area contributed by atoms with Gasteiger partial charge in [0.15, 0.2) is 0 Å². The summed E-state index contributed by atoms with van der Waals surface area (Å²) in [7, 11) is 0. The van der Waals surface area contributed by atoms with Gasteiger partial charge in [-0.1, -0.05) is 74.5 Å². The van der Waals surface area contributed by atoms with E-state index in [1.54, 1.807) is 0 Å². The summed E-state index contributed by atoms with van der Waals surface area (Å²) in [6.45, 7) is 4.45. The van der Waals surface area contributed by atoms with Gasteiger partial charge in [0.1, 0.15) is 5.65 Å². The number of aryl methyl sites for hydroxylation is 2. The maximum absolute atomic E-state index is 4.94. The molecule has 31 heavy (non-hydrogen) atoms. The lowest BCUT2D eigenvalue weighted by molar-refractivity contribution is 1.08. The second kappa shape index (κ2) is 6.92. The molecule has 3 nitrogen and oxygen atoms in total. The predicted molar refractivity (Wildman–Crippen MR) is 130 cm³/mol. The van der Waals surface area contributed by atoms with Crippen molar-refractivity contribution in [2.75, 3.05) is 0 Å². The van der Waals surface area contributed by atoms with Crippen LogP contribution in [-0.2, 0) is 12.8 Å². The smallest absolute Gasteiger partial charge is 0.145 e. The van der Waals surface area contributed by atoms with Crippen molar-refractivity contribution < 1.29 is 0 Å². The van der Waals surface area contributed by atoms with Crippen LogP contribution in [0.2, 0.25) is 0 Å². The molecule has 6 rings (SSSR count). The van der Waals surface area contributed by atoms with Crippen molar-refractivity contribution in [3.8, 4) is 11.3 Å². The van der Waals surface area contributed by atoms with Crippen LogP contribution < -0.4 is 0 Å². The van der Waals surface area contributed by atoms with Gasteiger partial charge in [-0.25, -0.2) is 4.98 Å². The summed E-state index contributed by atoms with van der Waals surface area (Å²) in [4.78, 5) is 9.76. The minimum atomic E-state index is 0.989. The molecular weight excluding hydrogens is 378 g/mol. The number of imidazole rings is 1. The molecule has 3 heterocycles. The summed E-state index contributed by atoms with van der Waals surface area (Å²) >= 11 is 0. The third-order valence-corrected chi connectivity index (χ3v) is 6.45. The average molecular weight is 402 g/mol. The maximum atomic E-state index is 4.94. The maximum Gasteiger partial charge on any atom is 0.145 e. The van der Waals surface area contributed by atoms with E-state index in [2.05, 4.69) is 85.0 Å². The number of aromatic nitrogens is 3. The summed E-state index contributed by atoms with van der Waals surface area (Å²) in [5, 5.41) is 4.81. The Morgan fingerprint density at radius 3 is 2.10 bits per heavy atom. The molecule has 0 N–H and O–H groups in total. The van der Waals surface area contributed by atoms with Crippen molar-refractivity contribution in [3.63, 3.8) is 0 Å². The Labute approximate surface area is 181 Å². The highest BCUT2D eigenvalue weighted by molar-refractivity contribution is 6.21. The third kappa shape index (κ3) is 2.53. The van der Waals surface area contributed by atoms with Gasteiger partial charge in [-0.2, -0.15) is 0 Å². The van der Waals surface area contributed by atoms with E-state index in [1.807, 2.05) is 12.4 Å². The van der Waals surface area contributed by atoms with Gasteiger partial charge in [-0.3, -0.25) is 9.38 Å². The van der Waals surface area contributed by atoms with E-state index in [-0.39, 0.29) is 0 Å². The van der Waals surface area contributed by atoms with Crippen LogP contribution in [0.25, 0.3) is 49.5 Å². The van der Waals surface area contributed by atoms with E-state index >= 15 is 0 Å². The fourth-order valence-electron chi connectivity index (χ4n) is 5.01. The Morgan fingerprint density at radius 2 is 1.35 bits per heavy atom. The van der Waals surface area contributed by atoms with Crippen LogP contribution in [0.5, 0.6) is 0 Å². The van der Waals surface area contributed by atoms with Crippen LogP contribution in [0.4, 0.5) is 0 Å². The summed E-state index contributed by atoms with van der Waals surface area (Å²) < 4.78 is 2.32. The molecule has 3 aromatic carbocycles. The van der Waals surface area contributed by atoms with E-state index in [0.717, 1.165) is 35.2 Å². The highest BCUT2D eigenvalue weighted by atomic mass is 15.0. The number of benzene rings is 3. The highest BCUT2D eigenvalue weighted by Crippen LogP contribution is 2.37. The molecule has 0 saturated heterocycles. The van der Waals surface area contributed by atoms with Crippen molar-refractivity contribution in [1.29, 1.82) is 0 Å². The van der Waals surface area contributed by atoms with Crippen LogP contribution in [0.1, 0.15) is 25.0 Å². The number of nitrogens with zero attached hydrogens (tertiary/aromatic N) is 3. The van der Waals surface area contributed by atoms with Gasteiger partial charge in [-0.15, -0.1) is 0 Å². The average Bonchev–Trinajstić information content (AvgIpc) is 3.28. The zero-order chi connectivity index (χ0) is 20.9. The molecule has 3 heteroatoms. The Balaban J connectivity index is 1.88. The second-order valence-electron chi connectivity index (χ2n) is 8.04. The Morgan fingerprint density at radius 1 is 0.677 bits per heavy atom. The molecule has 0 spiro atoms. The van der Waals surface area contributed by atoms with Crippen LogP contribution in [0.15, 0.2) is 79.1 Å². The van der Waals surface area contributed by atoms with Gasteiger partial charge in [0.05, 0.1) is 29.1 Å². The highest BCUT2D eigenvalue weighted by Gasteiger charge is 2.19. The predicted octanol–water partition coefficient (Wildman–Crippen LogP) is 6.98. The first kappa shape index (κ1) is 18.1.